The van der Waals surface area contributed by atoms with Crippen LogP contribution in [-0.2, 0) is 6.54 Å². The molecular weight excluding hydrogens is 288 g/mol. The fourth-order valence-corrected chi connectivity index (χ4v) is 2.51. The minimum absolute atomic E-state index is 0.231. The molecule has 0 unspecified atom stereocenters. The van der Waals surface area contributed by atoms with Crippen molar-refractivity contribution >= 4 is 28.2 Å². The molecule has 2 rings (SSSR count). The monoisotopic (exact) mass is 306 g/mol. The van der Waals surface area contributed by atoms with Crippen LogP contribution in [0.5, 0.6) is 0 Å². The van der Waals surface area contributed by atoms with E-state index in [2.05, 4.69) is 25.6 Å². The summed E-state index contributed by atoms with van der Waals surface area (Å²) in [6, 6.07) is 0.231. The van der Waals surface area contributed by atoms with Crippen LogP contribution < -0.4 is 16.4 Å². The first kappa shape index (κ1) is 15.2. The quantitative estimate of drug-likeness (QED) is 0.774. The molecule has 0 aliphatic carbocycles. The molecule has 2 heterocycles. The van der Waals surface area contributed by atoms with E-state index in [4.69, 9.17) is 5.73 Å². The summed E-state index contributed by atoms with van der Waals surface area (Å²) in [5.41, 5.74) is 7.30. The maximum Gasteiger partial charge on any atom is 0.265 e. The summed E-state index contributed by atoms with van der Waals surface area (Å²) in [6.45, 7) is 6.15. The molecule has 0 saturated carbocycles. The standard InChI is InChI=1S/C13H18N6OS/c1-7(2)18-13-19-11(14)10(21-13)12(20)17-6-9-5-15-8(3)4-16-9/h4-5,7H,6,14H2,1-3H3,(H,17,20)(H,18,19). The molecule has 2 aromatic heterocycles. The lowest BCUT2D eigenvalue weighted by Crippen LogP contribution is -2.23. The number of thiazole rings is 1. The zero-order valence-electron chi connectivity index (χ0n) is 12.2. The van der Waals surface area contributed by atoms with Gasteiger partial charge in [0, 0.05) is 12.2 Å². The van der Waals surface area contributed by atoms with Crippen LogP contribution in [-0.4, -0.2) is 26.9 Å². The van der Waals surface area contributed by atoms with Crippen molar-refractivity contribution in [2.24, 2.45) is 0 Å². The van der Waals surface area contributed by atoms with Crippen molar-refractivity contribution in [2.75, 3.05) is 11.1 Å². The Kier molecular flexibility index (Phi) is 4.69. The minimum Gasteiger partial charge on any atom is -0.382 e. The third-order valence-corrected chi connectivity index (χ3v) is 3.54. The summed E-state index contributed by atoms with van der Waals surface area (Å²) in [7, 11) is 0. The Morgan fingerprint density at radius 2 is 2.14 bits per heavy atom. The lowest BCUT2D eigenvalue weighted by molar-refractivity contribution is 0.0955. The molecule has 0 spiro atoms. The van der Waals surface area contributed by atoms with Crippen molar-refractivity contribution in [1.82, 2.24) is 20.3 Å². The average molecular weight is 306 g/mol. The van der Waals surface area contributed by atoms with Crippen LogP contribution in [0.4, 0.5) is 10.9 Å². The number of rotatable bonds is 5. The Balaban J connectivity index is 2.00. The number of nitrogens with one attached hydrogen (secondary N) is 2. The molecule has 112 valence electrons. The van der Waals surface area contributed by atoms with E-state index in [0.29, 0.717) is 22.2 Å². The molecule has 0 fully saturated rings. The van der Waals surface area contributed by atoms with Gasteiger partial charge >= 0.3 is 0 Å². The summed E-state index contributed by atoms with van der Waals surface area (Å²) < 4.78 is 0. The third kappa shape index (κ3) is 4.12. The van der Waals surface area contributed by atoms with Crippen LogP contribution in [0.25, 0.3) is 0 Å². The Morgan fingerprint density at radius 1 is 1.38 bits per heavy atom. The second kappa shape index (κ2) is 6.49. The van der Waals surface area contributed by atoms with E-state index in [1.54, 1.807) is 12.4 Å². The summed E-state index contributed by atoms with van der Waals surface area (Å²) in [5, 5.41) is 6.53. The highest BCUT2D eigenvalue weighted by Crippen LogP contribution is 2.25. The summed E-state index contributed by atoms with van der Waals surface area (Å²) in [5.74, 6) is -0.0279. The Hall–Kier alpha value is -2.22. The Labute approximate surface area is 127 Å². The molecule has 0 saturated heterocycles. The number of hydrogen-bond donors (Lipinski definition) is 3. The van der Waals surface area contributed by atoms with Gasteiger partial charge in [0.2, 0.25) is 0 Å². The number of carbonyl (C=O) groups is 1. The highest BCUT2D eigenvalue weighted by Gasteiger charge is 2.16. The summed E-state index contributed by atoms with van der Waals surface area (Å²) in [4.78, 5) is 24.9. The number of anilines is 2. The topological polar surface area (TPSA) is 106 Å². The second-order valence-corrected chi connectivity index (χ2v) is 5.86. The maximum atomic E-state index is 12.1. The van der Waals surface area contributed by atoms with Gasteiger partial charge in [-0.3, -0.25) is 14.8 Å². The fourth-order valence-electron chi connectivity index (χ4n) is 1.57. The first-order valence-electron chi connectivity index (χ1n) is 6.54. The Morgan fingerprint density at radius 3 is 2.76 bits per heavy atom. The predicted octanol–water partition coefficient (Wildman–Crippen LogP) is 1.57. The summed E-state index contributed by atoms with van der Waals surface area (Å²) in [6.07, 6.45) is 3.30. The highest BCUT2D eigenvalue weighted by molar-refractivity contribution is 7.18. The SMILES string of the molecule is Cc1cnc(CNC(=O)c2sc(NC(C)C)nc2N)cn1. The first-order chi connectivity index (χ1) is 9.95. The molecule has 0 aliphatic heterocycles. The van der Waals surface area contributed by atoms with Crippen LogP contribution in [0.3, 0.4) is 0 Å². The van der Waals surface area contributed by atoms with Gasteiger partial charge in [0.1, 0.15) is 10.7 Å². The molecule has 0 radical (unpaired) electrons. The Bertz CT molecular complexity index is 622. The van der Waals surface area contributed by atoms with Crippen molar-refractivity contribution in [1.29, 1.82) is 0 Å². The number of nitrogens with zero attached hydrogens (tertiary/aromatic N) is 3. The van der Waals surface area contributed by atoms with E-state index in [1.807, 2.05) is 20.8 Å². The number of aryl methyl sites for hydroxylation is 1. The fraction of sp³-hybridized carbons (Fsp3) is 0.385. The van der Waals surface area contributed by atoms with Crippen molar-refractivity contribution < 1.29 is 4.79 Å². The average Bonchev–Trinajstić information content (AvgIpc) is 2.77. The number of hydrogen-bond acceptors (Lipinski definition) is 7. The van der Waals surface area contributed by atoms with Crippen LogP contribution in [0.15, 0.2) is 12.4 Å². The zero-order valence-corrected chi connectivity index (χ0v) is 13.0. The van der Waals surface area contributed by atoms with Gasteiger partial charge in [0.15, 0.2) is 5.13 Å². The normalized spacial score (nSPS) is 10.7. The summed E-state index contributed by atoms with van der Waals surface area (Å²) >= 11 is 1.24. The molecular formula is C13H18N6OS. The van der Waals surface area contributed by atoms with Crippen molar-refractivity contribution in [2.45, 2.75) is 33.4 Å². The highest BCUT2D eigenvalue weighted by atomic mass is 32.1. The molecule has 2 aromatic rings. The number of carbonyl (C=O) groups excluding carboxylic acids is 1. The van der Waals surface area contributed by atoms with Crippen LogP contribution in [0, 0.1) is 6.92 Å². The van der Waals surface area contributed by atoms with Gasteiger partial charge in [-0.1, -0.05) is 11.3 Å². The van der Waals surface area contributed by atoms with E-state index in [9.17, 15) is 4.79 Å². The van der Waals surface area contributed by atoms with Crippen LogP contribution >= 0.6 is 11.3 Å². The van der Waals surface area contributed by atoms with Gasteiger partial charge in [-0.25, -0.2) is 4.98 Å². The molecule has 21 heavy (non-hydrogen) atoms. The van der Waals surface area contributed by atoms with Crippen molar-refractivity contribution in [3.63, 3.8) is 0 Å². The van der Waals surface area contributed by atoms with E-state index in [-0.39, 0.29) is 17.8 Å². The van der Waals surface area contributed by atoms with Gasteiger partial charge in [0.25, 0.3) is 5.91 Å². The molecule has 8 heteroatoms. The van der Waals surface area contributed by atoms with Crippen LogP contribution in [0.2, 0.25) is 0 Å². The molecule has 0 aliphatic rings. The van der Waals surface area contributed by atoms with Gasteiger partial charge < -0.3 is 16.4 Å². The first-order valence-corrected chi connectivity index (χ1v) is 7.36. The number of nitrogen functional groups attached to an aromatic ring is 1. The van der Waals surface area contributed by atoms with E-state index < -0.39 is 0 Å². The molecule has 1 amide bonds. The number of aromatic nitrogens is 3. The molecule has 0 atom stereocenters. The van der Waals surface area contributed by atoms with E-state index in [1.165, 1.54) is 11.3 Å². The predicted molar refractivity (Wildman–Crippen MR) is 83.2 cm³/mol. The van der Waals surface area contributed by atoms with Crippen molar-refractivity contribution in [3.05, 3.63) is 28.7 Å². The second-order valence-electron chi connectivity index (χ2n) is 4.86. The lowest BCUT2D eigenvalue weighted by Gasteiger charge is -2.04. The minimum atomic E-state index is -0.260. The van der Waals surface area contributed by atoms with Gasteiger partial charge in [-0.2, -0.15) is 0 Å². The molecule has 4 N–H and O–H groups in total. The molecule has 7 nitrogen and oxygen atoms in total. The zero-order chi connectivity index (χ0) is 15.4. The molecule has 0 bridgehead atoms. The van der Waals surface area contributed by atoms with Gasteiger partial charge in [-0.05, 0) is 20.8 Å². The smallest absolute Gasteiger partial charge is 0.265 e. The number of amides is 1. The number of nitrogens with two attached hydrogens (primary N) is 1. The van der Waals surface area contributed by atoms with E-state index >= 15 is 0 Å². The lowest BCUT2D eigenvalue weighted by atomic mass is 10.4. The van der Waals surface area contributed by atoms with Crippen LogP contribution in [0.1, 0.15) is 34.9 Å². The molecule has 0 aromatic carbocycles. The van der Waals surface area contributed by atoms with Gasteiger partial charge in [0.05, 0.1) is 24.1 Å². The van der Waals surface area contributed by atoms with E-state index in [0.717, 1.165) is 5.69 Å². The van der Waals surface area contributed by atoms with Crippen molar-refractivity contribution in [3.8, 4) is 0 Å². The maximum absolute atomic E-state index is 12.1. The van der Waals surface area contributed by atoms with Gasteiger partial charge in [-0.15, -0.1) is 0 Å². The third-order valence-electron chi connectivity index (χ3n) is 2.54. The largest absolute Gasteiger partial charge is 0.382 e.